The van der Waals surface area contributed by atoms with Gasteiger partial charge >= 0.3 is 0 Å². The molecule has 4 rings (SSSR count). The number of fused-ring (bicyclic) bond motifs is 1. The van der Waals surface area contributed by atoms with Gasteiger partial charge in [-0.15, -0.1) is 5.10 Å². The van der Waals surface area contributed by atoms with Crippen LogP contribution in [-0.2, 0) is 13.2 Å². The predicted octanol–water partition coefficient (Wildman–Crippen LogP) is 2.61. The molecule has 3 aromatic rings. The Morgan fingerprint density at radius 2 is 2.00 bits per heavy atom. The summed E-state index contributed by atoms with van der Waals surface area (Å²) in [6.45, 7) is 3.49. The Morgan fingerprint density at radius 3 is 2.81 bits per heavy atom. The second-order valence-corrected chi connectivity index (χ2v) is 6.14. The highest BCUT2D eigenvalue weighted by Gasteiger charge is 2.27. The number of rotatable bonds is 4. The second-order valence-electron chi connectivity index (χ2n) is 6.14. The van der Waals surface area contributed by atoms with Crippen molar-refractivity contribution in [3.05, 3.63) is 65.7 Å². The molecule has 7 nitrogen and oxygen atoms in total. The van der Waals surface area contributed by atoms with Gasteiger partial charge < -0.3 is 4.74 Å². The largest absolute Gasteiger partial charge is 0.472 e. The average Bonchev–Trinajstić information content (AvgIpc) is 3.00. The Hall–Kier alpha value is -3.22. The molecule has 0 unspecified atom stereocenters. The van der Waals surface area contributed by atoms with Gasteiger partial charge in [-0.3, -0.25) is 14.4 Å². The molecule has 1 amide bonds. The van der Waals surface area contributed by atoms with Crippen LogP contribution in [0.3, 0.4) is 0 Å². The van der Waals surface area contributed by atoms with Gasteiger partial charge in [-0.25, -0.2) is 9.97 Å². The van der Waals surface area contributed by atoms with Crippen molar-refractivity contribution in [2.75, 3.05) is 11.4 Å². The normalized spacial score (nSPS) is 14.0. The molecule has 3 heterocycles. The first-order valence-electron chi connectivity index (χ1n) is 8.57. The molecule has 0 saturated carbocycles. The third kappa shape index (κ3) is 3.28. The molecule has 26 heavy (non-hydrogen) atoms. The van der Waals surface area contributed by atoms with Crippen LogP contribution in [0.1, 0.15) is 28.3 Å². The van der Waals surface area contributed by atoms with Crippen molar-refractivity contribution < 1.29 is 9.53 Å². The molecular weight excluding hydrogens is 330 g/mol. The molecule has 1 aliphatic rings. The van der Waals surface area contributed by atoms with E-state index >= 15 is 0 Å². The lowest BCUT2D eigenvalue weighted by atomic mass is 10.2. The van der Waals surface area contributed by atoms with Crippen LogP contribution in [-0.4, -0.2) is 32.2 Å². The Labute approximate surface area is 151 Å². The van der Waals surface area contributed by atoms with Gasteiger partial charge in [0, 0.05) is 25.4 Å². The summed E-state index contributed by atoms with van der Waals surface area (Å²) in [6, 6.07) is 13.3. The van der Waals surface area contributed by atoms with E-state index in [1.165, 1.54) is 0 Å². The first-order chi connectivity index (χ1) is 12.7. The van der Waals surface area contributed by atoms with Crippen molar-refractivity contribution in [2.45, 2.75) is 26.5 Å². The van der Waals surface area contributed by atoms with Gasteiger partial charge in [-0.2, -0.15) is 0 Å². The zero-order chi connectivity index (χ0) is 17.9. The highest BCUT2D eigenvalue weighted by Crippen LogP contribution is 2.22. The van der Waals surface area contributed by atoms with Crippen LogP contribution in [0.2, 0.25) is 0 Å². The number of ether oxygens (including phenoxy) is 1. The van der Waals surface area contributed by atoms with E-state index in [1.54, 1.807) is 27.9 Å². The first kappa shape index (κ1) is 16.3. The Kier molecular flexibility index (Phi) is 4.35. The molecule has 2 aromatic heterocycles. The van der Waals surface area contributed by atoms with Crippen LogP contribution in [0, 0.1) is 6.92 Å². The molecule has 0 saturated heterocycles. The van der Waals surface area contributed by atoms with Crippen LogP contribution in [0.25, 0.3) is 0 Å². The zero-order valence-corrected chi connectivity index (χ0v) is 14.5. The van der Waals surface area contributed by atoms with E-state index in [9.17, 15) is 4.79 Å². The van der Waals surface area contributed by atoms with Crippen molar-refractivity contribution in [3.8, 4) is 5.88 Å². The molecule has 1 aliphatic heterocycles. The maximum Gasteiger partial charge on any atom is 0.277 e. The minimum absolute atomic E-state index is 0.123. The van der Waals surface area contributed by atoms with E-state index in [4.69, 9.17) is 4.74 Å². The van der Waals surface area contributed by atoms with Gasteiger partial charge in [-0.05, 0) is 25.0 Å². The van der Waals surface area contributed by atoms with Crippen molar-refractivity contribution in [1.82, 2.24) is 19.7 Å². The minimum Gasteiger partial charge on any atom is -0.472 e. The van der Waals surface area contributed by atoms with E-state index in [-0.39, 0.29) is 5.91 Å². The SMILES string of the molecule is Cc1nccc(N2CCCn3nc(OCc4ccccc4)cc3C2=O)n1. The fourth-order valence-corrected chi connectivity index (χ4v) is 2.97. The maximum atomic E-state index is 13.0. The van der Waals surface area contributed by atoms with E-state index in [1.807, 2.05) is 37.3 Å². The smallest absolute Gasteiger partial charge is 0.277 e. The molecule has 132 valence electrons. The summed E-state index contributed by atoms with van der Waals surface area (Å²) >= 11 is 0. The van der Waals surface area contributed by atoms with Gasteiger partial charge in [0.25, 0.3) is 5.91 Å². The molecular formula is C19H19N5O2. The minimum atomic E-state index is -0.123. The van der Waals surface area contributed by atoms with Gasteiger partial charge in [0.05, 0.1) is 0 Å². The molecule has 0 atom stereocenters. The molecule has 7 heteroatoms. The zero-order valence-electron chi connectivity index (χ0n) is 14.5. The molecule has 0 radical (unpaired) electrons. The molecule has 0 aliphatic carbocycles. The molecule has 0 fully saturated rings. The van der Waals surface area contributed by atoms with Crippen molar-refractivity contribution in [3.63, 3.8) is 0 Å². The topological polar surface area (TPSA) is 73.1 Å². The summed E-state index contributed by atoms with van der Waals surface area (Å²) in [5.74, 6) is 1.59. The lowest BCUT2D eigenvalue weighted by Crippen LogP contribution is -2.31. The monoisotopic (exact) mass is 349 g/mol. The highest BCUT2D eigenvalue weighted by molar-refractivity contribution is 6.04. The van der Waals surface area contributed by atoms with Crippen LogP contribution in [0.5, 0.6) is 5.88 Å². The van der Waals surface area contributed by atoms with E-state index in [2.05, 4.69) is 15.1 Å². The number of hydrogen-bond donors (Lipinski definition) is 0. The van der Waals surface area contributed by atoms with Crippen molar-refractivity contribution >= 4 is 11.7 Å². The number of hydrogen-bond acceptors (Lipinski definition) is 5. The number of amides is 1. The second kappa shape index (κ2) is 6.95. The van der Waals surface area contributed by atoms with E-state index in [0.29, 0.717) is 42.9 Å². The maximum absolute atomic E-state index is 13.0. The summed E-state index contributed by atoms with van der Waals surface area (Å²) < 4.78 is 7.48. The fraction of sp³-hybridized carbons (Fsp3) is 0.263. The summed E-state index contributed by atoms with van der Waals surface area (Å²) in [4.78, 5) is 23.1. The van der Waals surface area contributed by atoms with Crippen LogP contribution in [0.15, 0.2) is 48.7 Å². The van der Waals surface area contributed by atoms with E-state index in [0.717, 1.165) is 12.0 Å². The molecule has 1 aromatic carbocycles. The molecule has 0 N–H and O–H groups in total. The highest BCUT2D eigenvalue weighted by atomic mass is 16.5. The number of carbonyl (C=O) groups is 1. The number of aromatic nitrogens is 4. The summed E-state index contributed by atoms with van der Waals surface area (Å²) in [5, 5.41) is 4.44. The Morgan fingerprint density at radius 1 is 1.15 bits per heavy atom. The first-order valence-corrected chi connectivity index (χ1v) is 8.57. The third-order valence-corrected chi connectivity index (χ3v) is 4.24. The summed E-state index contributed by atoms with van der Waals surface area (Å²) in [5.41, 5.74) is 1.57. The fourth-order valence-electron chi connectivity index (χ4n) is 2.97. The summed E-state index contributed by atoms with van der Waals surface area (Å²) in [6.07, 6.45) is 2.46. The van der Waals surface area contributed by atoms with Gasteiger partial charge in [-0.1, -0.05) is 30.3 Å². The van der Waals surface area contributed by atoms with Crippen LogP contribution in [0.4, 0.5) is 5.82 Å². The van der Waals surface area contributed by atoms with Crippen molar-refractivity contribution in [2.24, 2.45) is 0 Å². The number of aryl methyl sites for hydroxylation is 2. The lowest BCUT2D eigenvalue weighted by molar-refractivity contribution is 0.0981. The number of anilines is 1. The average molecular weight is 349 g/mol. The van der Waals surface area contributed by atoms with Crippen LogP contribution >= 0.6 is 0 Å². The Balaban J connectivity index is 1.56. The van der Waals surface area contributed by atoms with Crippen molar-refractivity contribution in [1.29, 1.82) is 0 Å². The standard InChI is InChI=1S/C19H19N5O2/c1-14-20-9-8-17(21-14)23-10-5-11-24-16(19(23)25)12-18(22-24)26-13-15-6-3-2-4-7-15/h2-4,6-9,12H,5,10-11,13H2,1H3. The Bertz CT molecular complexity index is 923. The van der Waals surface area contributed by atoms with Gasteiger partial charge in [0.1, 0.15) is 23.9 Å². The predicted molar refractivity (Wildman–Crippen MR) is 96.1 cm³/mol. The molecule has 0 spiro atoms. The quantitative estimate of drug-likeness (QED) is 0.724. The number of benzene rings is 1. The lowest BCUT2D eigenvalue weighted by Gasteiger charge is -2.18. The van der Waals surface area contributed by atoms with Gasteiger partial charge in [0.15, 0.2) is 0 Å². The molecule has 0 bridgehead atoms. The number of nitrogens with zero attached hydrogens (tertiary/aromatic N) is 5. The van der Waals surface area contributed by atoms with E-state index < -0.39 is 0 Å². The summed E-state index contributed by atoms with van der Waals surface area (Å²) in [7, 11) is 0. The van der Waals surface area contributed by atoms with Crippen LogP contribution < -0.4 is 9.64 Å². The third-order valence-electron chi connectivity index (χ3n) is 4.24. The number of carbonyl (C=O) groups excluding carboxylic acids is 1. The van der Waals surface area contributed by atoms with Gasteiger partial charge in [0.2, 0.25) is 5.88 Å².